The van der Waals surface area contributed by atoms with Crippen molar-refractivity contribution >= 4 is 29.4 Å². The van der Waals surface area contributed by atoms with Crippen molar-refractivity contribution in [1.29, 1.82) is 0 Å². The van der Waals surface area contributed by atoms with Crippen molar-refractivity contribution in [3.05, 3.63) is 34.9 Å². The molecule has 0 saturated carbocycles. The molecule has 6 nitrogen and oxygen atoms in total. The van der Waals surface area contributed by atoms with Gasteiger partial charge in [-0.1, -0.05) is 29.8 Å². The minimum atomic E-state index is -0.0916. The number of hydrogen-bond donors (Lipinski definition) is 2. The van der Waals surface area contributed by atoms with Crippen molar-refractivity contribution in [2.75, 3.05) is 19.6 Å². The maximum Gasteiger partial charge on any atom is 0.229 e. The Morgan fingerprint density at radius 1 is 1.21 bits per heavy atom. The van der Waals surface area contributed by atoms with E-state index in [4.69, 9.17) is 11.6 Å². The smallest absolute Gasteiger partial charge is 0.229 e. The first kappa shape index (κ1) is 18.3. The molecule has 1 saturated heterocycles. The molecular formula is C17H23ClN4O2. The molecule has 1 aromatic carbocycles. The summed E-state index contributed by atoms with van der Waals surface area (Å²) in [6.45, 7) is 3.97. The molecule has 0 spiro atoms. The highest BCUT2D eigenvalue weighted by Crippen LogP contribution is 2.15. The average molecular weight is 351 g/mol. The van der Waals surface area contributed by atoms with Crippen molar-refractivity contribution in [3.63, 3.8) is 0 Å². The molecule has 130 valence electrons. The van der Waals surface area contributed by atoms with Gasteiger partial charge in [0.25, 0.3) is 0 Å². The van der Waals surface area contributed by atoms with E-state index in [1.54, 1.807) is 0 Å². The Kier molecular flexibility index (Phi) is 7.06. The summed E-state index contributed by atoms with van der Waals surface area (Å²) in [5.41, 5.74) is 0.942. The number of benzene rings is 1. The summed E-state index contributed by atoms with van der Waals surface area (Å²) >= 11 is 6.13. The normalized spacial score (nSPS) is 15.6. The number of nitrogens with zero attached hydrogens (tertiary/aromatic N) is 2. The summed E-state index contributed by atoms with van der Waals surface area (Å²) in [6, 6.07) is 7.57. The van der Waals surface area contributed by atoms with Crippen LogP contribution in [0.4, 0.5) is 0 Å². The van der Waals surface area contributed by atoms with Gasteiger partial charge in [0.2, 0.25) is 11.8 Å². The van der Waals surface area contributed by atoms with Crippen LogP contribution in [0.2, 0.25) is 5.02 Å². The third-order valence-electron chi connectivity index (χ3n) is 3.72. The molecule has 2 N–H and O–H groups in total. The van der Waals surface area contributed by atoms with Crippen LogP contribution in [-0.4, -0.2) is 42.3 Å². The molecule has 0 radical (unpaired) electrons. The predicted molar refractivity (Wildman–Crippen MR) is 94.8 cm³/mol. The van der Waals surface area contributed by atoms with E-state index in [0.29, 0.717) is 49.9 Å². The fourth-order valence-electron chi connectivity index (χ4n) is 2.47. The van der Waals surface area contributed by atoms with Crippen LogP contribution in [0.5, 0.6) is 0 Å². The zero-order valence-electron chi connectivity index (χ0n) is 13.8. The fraction of sp³-hybridized carbons (Fsp3) is 0.471. The first-order valence-corrected chi connectivity index (χ1v) is 8.58. The summed E-state index contributed by atoms with van der Waals surface area (Å²) < 4.78 is 0. The largest absolute Gasteiger partial charge is 0.357 e. The predicted octanol–water partition coefficient (Wildman–Crippen LogP) is 1.93. The Labute approximate surface area is 147 Å². The maximum absolute atomic E-state index is 11.8. The highest BCUT2D eigenvalue weighted by molar-refractivity contribution is 6.31. The number of carbonyl (C=O) groups excluding carboxylic acids is 2. The molecule has 0 atom stereocenters. The standard InChI is InChI=1S/C17H23ClN4O2/c1-2-19-17(21-12-13-6-3-4-7-14(13)18)20-10-11-22-15(23)8-5-9-16(22)24/h3-4,6-7H,2,5,8-12H2,1H3,(H2,19,20,21). The number of hydrogen-bond acceptors (Lipinski definition) is 3. The van der Waals surface area contributed by atoms with Gasteiger partial charge in [-0.3, -0.25) is 14.5 Å². The molecule has 7 heteroatoms. The highest BCUT2D eigenvalue weighted by Gasteiger charge is 2.25. The van der Waals surface area contributed by atoms with Crippen molar-refractivity contribution in [2.24, 2.45) is 4.99 Å². The molecule has 0 aliphatic carbocycles. The summed E-state index contributed by atoms with van der Waals surface area (Å²) in [5, 5.41) is 6.97. The number of rotatable bonds is 6. The number of amides is 2. The SMILES string of the molecule is CCNC(=NCc1ccccc1Cl)NCCN1C(=O)CCCC1=O. The van der Waals surface area contributed by atoms with E-state index < -0.39 is 0 Å². The third kappa shape index (κ3) is 5.23. The molecular weight excluding hydrogens is 328 g/mol. The van der Waals surface area contributed by atoms with E-state index in [0.717, 1.165) is 12.1 Å². The van der Waals surface area contributed by atoms with Gasteiger partial charge in [-0.25, -0.2) is 4.99 Å². The molecule has 1 aliphatic rings. The van der Waals surface area contributed by atoms with Crippen LogP contribution in [0.1, 0.15) is 31.7 Å². The topological polar surface area (TPSA) is 73.8 Å². The van der Waals surface area contributed by atoms with Gasteiger partial charge < -0.3 is 10.6 Å². The van der Waals surface area contributed by atoms with Gasteiger partial charge in [0.1, 0.15) is 0 Å². The molecule has 24 heavy (non-hydrogen) atoms. The number of nitrogens with one attached hydrogen (secondary N) is 2. The Morgan fingerprint density at radius 3 is 2.58 bits per heavy atom. The summed E-state index contributed by atoms with van der Waals surface area (Å²) in [5.74, 6) is 0.450. The van der Waals surface area contributed by atoms with Gasteiger partial charge in [0.15, 0.2) is 5.96 Å². The van der Waals surface area contributed by atoms with Gasteiger partial charge in [-0.2, -0.15) is 0 Å². The van der Waals surface area contributed by atoms with E-state index in [1.165, 1.54) is 4.90 Å². The van der Waals surface area contributed by atoms with Gasteiger partial charge in [0.05, 0.1) is 6.54 Å². The number of carbonyl (C=O) groups is 2. The molecule has 2 amide bonds. The molecule has 0 bridgehead atoms. The van der Waals surface area contributed by atoms with Crippen LogP contribution >= 0.6 is 11.6 Å². The lowest BCUT2D eigenvalue weighted by Crippen LogP contribution is -2.46. The molecule has 1 aromatic rings. The Bertz CT molecular complexity index is 602. The highest BCUT2D eigenvalue weighted by atomic mass is 35.5. The van der Waals surface area contributed by atoms with Gasteiger partial charge in [-0.05, 0) is 25.0 Å². The van der Waals surface area contributed by atoms with Crippen LogP contribution in [0.15, 0.2) is 29.3 Å². The summed E-state index contributed by atoms with van der Waals surface area (Å²) in [4.78, 5) is 29.4. The van der Waals surface area contributed by atoms with Crippen LogP contribution in [-0.2, 0) is 16.1 Å². The first-order chi connectivity index (χ1) is 11.6. The van der Waals surface area contributed by atoms with Crippen LogP contribution in [0.3, 0.4) is 0 Å². The Hall–Kier alpha value is -2.08. The molecule has 1 aliphatic heterocycles. The average Bonchev–Trinajstić information content (AvgIpc) is 2.56. The van der Waals surface area contributed by atoms with Crippen molar-refractivity contribution in [3.8, 4) is 0 Å². The van der Waals surface area contributed by atoms with Crippen LogP contribution < -0.4 is 10.6 Å². The van der Waals surface area contributed by atoms with Gasteiger partial charge in [-0.15, -0.1) is 0 Å². The second-order valence-corrected chi connectivity index (χ2v) is 5.91. The number of piperidine rings is 1. The molecule has 1 heterocycles. The number of aliphatic imine (C=N–C) groups is 1. The monoisotopic (exact) mass is 350 g/mol. The van der Waals surface area contributed by atoms with E-state index in [9.17, 15) is 9.59 Å². The maximum atomic E-state index is 11.8. The third-order valence-corrected chi connectivity index (χ3v) is 4.09. The quantitative estimate of drug-likeness (QED) is 0.467. The minimum absolute atomic E-state index is 0.0916. The zero-order chi connectivity index (χ0) is 17.4. The Balaban J connectivity index is 1.88. The minimum Gasteiger partial charge on any atom is -0.357 e. The van der Waals surface area contributed by atoms with Crippen molar-refractivity contribution in [1.82, 2.24) is 15.5 Å². The number of guanidine groups is 1. The fourth-order valence-corrected chi connectivity index (χ4v) is 2.66. The second kappa shape index (κ2) is 9.27. The first-order valence-electron chi connectivity index (χ1n) is 8.20. The molecule has 0 unspecified atom stereocenters. The summed E-state index contributed by atoms with van der Waals surface area (Å²) in [6.07, 6.45) is 1.56. The van der Waals surface area contributed by atoms with Crippen LogP contribution in [0, 0.1) is 0 Å². The lowest BCUT2D eigenvalue weighted by atomic mass is 10.1. The number of likely N-dealkylation sites (tertiary alicyclic amines) is 1. The molecule has 0 aromatic heterocycles. The van der Waals surface area contributed by atoms with E-state index in [-0.39, 0.29) is 11.8 Å². The molecule has 2 rings (SSSR count). The van der Waals surface area contributed by atoms with E-state index in [1.807, 2.05) is 31.2 Å². The van der Waals surface area contributed by atoms with Crippen molar-refractivity contribution < 1.29 is 9.59 Å². The lowest BCUT2D eigenvalue weighted by Gasteiger charge is -2.25. The van der Waals surface area contributed by atoms with Gasteiger partial charge in [0, 0.05) is 37.5 Å². The van der Waals surface area contributed by atoms with Gasteiger partial charge >= 0.3 is 0 Å². The summed E-state index contributed by atoms with van der Waals surface area (Å²) in [7, 11) is 0. The zero-order valence-corrected chi connectivity index (χ0v) is 14.6. The number of imide groups is 1. The molecule has 1 fully saturated rings. The lowest BCUT2D eigenvalue weighted by molar-refractivity contribution is -0.147. The second-order valence-electron chi connectivity index (χ2n) is 5.51. The van der Waals surface area contributed by atoms with E-state index >= 15 is 0 Å². The van der Waals surface area contributed by atoms with E-state index in [2.05, 4.69) is 15.6 Å². The van der Waals surface area contributed by atoms with Crippen molar-refractivity contribution in [2.45, 2.75) is 32.7 Å². The number of halogens is 1. The van der Waals surface area contributed by atoms with Crippen LogP contribution in [0.25, 0.3) is 0 Å². The Morgan fingerprint density at radius 2 is 1.92 bits per heavy atom.